The van der Waals surface area contributed by atoms with E-state index in [2.05, 4.69) is 10.6 Å². The minimum Gasteiger partial charge on any atom is -0.495 e. The van der Waals surface area contributed by atoms with Gasteiger partial charge >= 0.3 is 12.0 Å². The molecule has 1 saturated heterocycles. The van der Waals surface area contributed by atoms with Gasteiger partial charge in [-0.15, -0.1) is 0 Å². The molecule has 0 aliphatic carbocycles. The van der Waals surface area contributed by atoms with Crippen LogP contribution >= 0.6 is 0 Å². The van der Waals surface area contributed by atoms with Crippen molar-refractivity contribution in [3.63, 3.8) is 0 Å². The van der Waals surface area contributed by atoms with Gasteiger partial charge in [-0.3, -0.25) is 9.59 Å². The largest absolute Gasteiger partial charge is 0.495 e. The SMILES string of the molecule is COc1ccccc1NC(=O)[C@@H](C)OC(=O)C1CCN(C(=O)Nc2ccccc2)CC1. The molecule has 31 heavy (non-hydrogen) atoms. The molecule has 164 valence electrons. The van der Waals surface area contributed by atoms with Crippen molar-refractivity contribution in [2.75, 3.05) is 30.8 Å². The van der Waals surface area contributed by atoms with E-state index in [1.54, 1.807) is 29.2 Å². The number of rotatable bonds is 6. The molecular formula is C23H27N3O5. The number of anilines is 2. The minimum absolute atomic E-state index is 0.192. The summed E-state index contributed by atoms with van der Waals surface area (Å²) in [4.78, 5) is 39.0. The fourth-order valence-electron chi connectivity index (χ4n) is 3.35. The molecule has 0 unspecified atom stereocenters. The van der Waals surface area contributed by atoms with Gasteiger partial charge in [-0.1, -0.05) is 30.3 Å². The lowest BCUT2D eigenvalue weighted by Crippen LogP contribution is -2.43. The third kappa shape index (κ3) is 5.97. The summed E-state index contributed by atoms with van der Waals surface area (Å²) in [7, 11) is 1.51. The number of piperidine rings is 1. The molecule has 2 aromatic carbocycles. The van der Waals surface area contributed by atoms with Crippen LogP contribution in [-0.2, 0) is 14.3 Å². The van der Waals surface area contributed by atoms with Crippen LogP contribution in [0.2, 0.25) is 0 Å². The number of nitrogens with zero attached hydrogens (tertiary/aromatic N) is 1. The molecule has 3 amide bonds. The zero-order valence-electron chi connectivity index (χ0n) is 17.7. The highest BCUT2D eigenvalue weighted by molar-refractivity contribution is 5.96. The third-order valence-electron chi connectivity index (χ3n) is 5.17. The molecular weight excluding hydrogens is 398 g/mol. The zero-order chi connectivity index (χ0) is 22.2. The van der Waals surface area contributed by atoms with E-state index in [1.807, 2.05) is 30.3 Å². The van der Waals surface area contributed by atoms with E-state index in [-0.39, 0.29) is 11.9 Å². The monoisotopic (exact) mass is 425 g/mol. The zero-order valence-corrected chi connectivity index (χ0v) is 17.7. The Bertz CT molecular complexity index is 910. The number of nitrogens with one attached hydrogen (secondary N) is 2. The van der Waals surface area contributed by atoms with Crippen molar-refractivity contribution in [3.8, 4) is 5.75 Å². The molecule has 0 spiro atoms. The molecule has 8 heteroatoms. The second kappa shape index (κ2) is 10.5. The maximum atomic E-state index is 12.5. The van der Waals surface area contributed by atoms with E-state index in [1.165, 1.54) is 14.0 Å². The van der Waals surface area contributed by atoms with Crippen LogP contribution in [0.4, 0.5) is 16.2 Å². The van der Waals surface area contributed by atoms with Crippen molar-refractivity contribution in [3.05, 3.63) is 54.6 Å². The molecule has 2 aromatic rings. The van der Waals surface area contributed by atoms with Gasteiger partial charge in [0.05, 0.1) is 18.7 Å². The van der Waals surface area contributed by atoms with Crippen LogP contribution in [0.25, 0.3) is 0 Å². The third-order valence-corrected chi connectivity index (χ3v) is 5.17. The van der Waals surface area contributed by atoms with Crippen LogP contribution in [0.1, 0.15) is 19.8 Å². The normalized spacial score (nSPS) is 15.0. The maximum Gasteiger partial charge on any atom is 0.321 e. The van der Waals surface area contributed by atoms with Crippen molar-refractivity contribution in [1.82, 2.24) is 4.90 Å². The standard InChI is InChI=1S/C23H27N3O5/c1-16(21(27)25-19-10-6-7-11-20(19)30-2)31-22(28)17-12-14-26(15-13-17)23(29)24-18-8-4-3-5-9-18/h3-11,16-17H,12-15H2,1-2H3,(H,24,29)(H,25,27)/t16-/m1/s1. The van der Waals surface area contributed by atoms with Gasteiger partial charge in [-0.05, 0) is 44.0 Å². The summed E-state index contributed by atoms with van der Waals surface area (Å²) in [5.41, 5.74) is 1.24. The second-order valence-electron chi connectivity index (χ2n) is 7.33. The highest BCUT2D eigenvalue weighted by Crippen LogP contribution is 2.24. The maximum absolute atomic E-state index is 12.5. The van der Waals surface area contributed by atoms with Gasteiger partial charge in [0, 0.05) is 18.8 Å². The molecule has 8 nitrogen and oxygen atoms in total. The summed E-state index contributed by atoms with van der Waals surface area (Å²) in [6, 6.07) is 16.0. The van der Waals surface area contributed by atoms with Crippen molar-refractivity contribution in [2.45, 2.75) is 25.9 Å². The smallest absolute Gasteiger partial charge is 0.321 e. The Morgan fingerprint density at radius 2 is 1.61 bits per heavy atom. The Hall–Kier alpha value is -3.55. The van der Waals surface area contributed by atoms with Gasteiger partial charge in [0.1, 0.15) is 5.75 Å². The van der Waals surface area contributed by atoms with Crippen LogP contribution in [-0.4, -0.2) is 49.1 Å². The summed E-state index contributed by atoms with van der Waals surface area (Å²) in [5.74, 6) is -0.680. The Labute approximate surface area is 181 Å². The number of para-hydroxylation sites is 3. The highest BCUT2D eigenvalue weighted by Gasteiger charge is 2.30. The molecule has 1 aliphatic rings. The predicted octanol–water partition coefficient (Wildman–Crippen LogP) is 3.51. The fourth-order valence-corrected chi connectivity index (χ4v) is 3.35. The van der Waals surface area contributed by atoms with Gasteiger partial charge < -0.3 is 25.0 Å². The predicted molar refractivity (Wildman–Crippen MR) is 117 cm³/mol. The van der Waals surface area contributed by atoms with Gasteiger partial charge in [0.25, 0.3) is 5.91 Å². The quantitative estimate of drug-likeness (QED) is 0.691. The summed E-state index contributed by atoms with van der Waals surface area (Å²) in [5, 5.41) is 5.56. The first-order chi connectivity index (χ1) is 15.0. The molecule has 1 fully saturated rings. The molecule has 0 bridgehead atoms. The number of carbonyl (C=O) groups is 3. The van der Waals surface area contributed by atoms with E-state index < -0.39 is 18.0 Å². The molecule has 1 heterocycles. The summed E-state index contributed by atoms with van der Waals surface area (Å²) in [6.45, 7) is 2.42. The number of hydrogen-bond acceptors (Lipinski definition) is 5. The van der Waals surface area contributed by atoms with Gasteiger partial charge in [-0.25, -0.2) is 4.79 Å². The summed E-state index contributed by atoms with van der Waals surface area (Å²) >= 11 is 0. The lowest BCUT2D eigenvalue weighted by atomic mass is 9.97. The molecule has 0 saturated carbocycles. The van der Waals surface area contributed by atoms with E-state index >= 15 is 0 Å². The number of ether oxygens (including phenoxy) is 2. The Morgan fingerprint density at radius 3 is 2.29 bits per heavy atom. The summed E-state index contributed by atoms with van der Waals surface area (Å²) < 4.78 is 10.6. The number of likely N-dealkylation sites (tertiary alicyclic amines) is 1. The molecule has 3 rings (SSSR count). The van der Waals surface area contributed by atoms with E-state index in [0.717, 1.165) is 5.69 Å². The minimum atomic E-state index is -0.947. The van der Waals surface area contributed by atoms with E-state index in [9.17, 15) is 14.4 Å². The number of hydrogen-bond donors (Lipinski definition) is 2. The van der Waals surface area contributed by atoms with Crippen LogP contribution in [0.3, 0.4) is 0 Å². The van der Waals surface area contributed by atoms with Crippen molar-refractivity contribution < 1.29 is 23.9 Å². The average molecular weight is 425 g/mol. The van der Waals surface area contributed by atoms with Crippen LogP contribution in [0.15, 0.2) is 54.6 Å². The van der Waals surface area contributed by atoms with Crippen LogP contribution < -0.4 is 15.4 Å². The topological polar surface area (TPSA) is 97.0 Å². The number of urea groups is 1. The molecule has 2 N–H and O–H groups in total. The van der Waals surface area contributed by atoms with Crippen LogP contribution in [0.5, 0.6) is 5.75 Å². The highest BCUT2D eigenvalue weighted by atomic mass is 16.5. The van der Waals surface area contributed by atoms with E-state index in [0.29, 0.717) is 37.4 Å². The van der Waals surface area contributed by atoms with Crippen molar-refractivity contribution in [2.24, 2.45) is 5.92 Å². The first-order valence-electron chi connectivity index (χ1n) is 10.2. The number of benzene rings is 2. The molecule has 0 radical (unpaired) electrons. The first-order valence-corrected chi connectivity index (χ1v) is 10.2. The van der Waals surface area contributed by atoms with E-state index in [4.69, 9.17) is 9.47 Å². The van der Waals surface area contributed by atoms with Gasteiger partial charge in [0.15, 0.2) is 6.10 Å². The second-order valence-corrected chi connectivity index (χ2v) is 7.33. The number of methoxy groups -OCH3 is 1. The van der Waals surface area contributed by atoms with Crippen molar-refractivity contribution >= 4 is 29.3 Å². The molecule has 1 aliphatic heterocycles. The van der Waals surface area contributed by atoms with Gasteiger partial charge in [-0.2, -0.15) is 0 Å². The lowest BCUT2D eigenvalue weighted by Gasteiger charge is -2.31. The van der Waals surface area contributed by atoms with Gasteiger partial charge in [0.2, 0.25) is 0 Å². The Balaban J connectivity index is 1.45. The average Bonchev–Trinajstić information content (AvgIpc) is 2.80. The number of amides is 3. The Morgan fingerprint density at radius 1 is 0.968 bits per heavy atom. The first kappa shape index (κ1) is 22.1. The lowest BCUT2D eigenvalue weighted by molar-refractivity contribution is -0.158. The fraction of sp³-hybridized carbons (Fsp3) is 0.348. The summed E-state index contributed by atoms with van der Waals surface area (Å²) in [6.07, 6.45) is 0.0286. The number of esters is 1. The molecule has 0 aromatic heterocycles. The Kier molecular flexibility index (Phi) is 7.48. The molecule has 1 atom stereocenters. The number of carbonyl (C=O) groups excluding carboxylic acids is 3. The van der Waals surface area contributed by atoms with Crippen molar-refractivity contribution in [1.29, 1.82) is 0 Å². The van der Waals surface area contributed by atoms with Crippen LogP contribution in [0, 0.1) is 5.92 Å².